The van der Waals surface area contributed by atoms with E-state index in [1.54, 1.807) is 6.20 Å². The Labute approximate surface area is 118 Å². The number of sulfone groups is 1. The molecule has 6 heteroatoms. The summed E-state index contributed by atoms with van der Waals surface area (Å²) in [6.45, 7) is 0. The van der Waals surface area contributed by atoms with E-state index in [0.29, 0.717) is 12.8 Å². The van der Waals surface area contributed by atoms with Crippen molar-refractivity contribution in [2.45, 2.75) is 18.9 Å². The molecule has 1 N–H and O–H groups in total. The Morgan fingerprint density at radius 3 is 2.60 bits per heavy atom. The van der Waals surface area contributed by atoms with Crippen LogP contribution in [0.3, 0.4) is 0 Å². The van der Waals surface area contributed by atoms with Crippen molar-refractivity contribution in [2.75, 3.05) is 16.8 Å². The molecule has 1 fully saturated rings. The van der Waals surface area contributed by atoms with Crippen LogP contribution in [0.5, 0.6) is 0 Å². The topological polar surface area (TPSA) is 64.0 Å². The molecule has 1 saturated heterocycles. The zero-order chi connectivity index (χ0) is 14.0. The van der Waals surface area contributed by atoms with Crippen LogP contribution in [0.15, 0.2) is 42.7 Å². The maximum absolute atomic E-state index is 11.5. The van der Waals surface area contributed by atoms with E-state index in [2.05, 4.69) is 10.4 Å². The molecule has 0 amide bonds. The summed E-state index contributed by atoms with van der Waals surface area (Å²) in [7, 11) is -2.82. The van der Waals surface area contributed by atoms with Crippen molar-refractivity contribution in [3.8, 4) is 5.69 Å². The van der Waals surface area contributed by atoms with Gasteiger partial charge in [-0.15, -0.1) is 0 Å². The van der Waals surface area contributed by atoms with E-state index in [-0.39, 0.29) is 17.5 Å². The summed E-state index contributed by atoms with van der Waals surface area (Å²) in [6.07, 6.45) is 4.96. The van der Waals surface area contributed by atoms with Crippen LogP contribution in [0, 0.1) is 0 Å². The first-order valence-electron chi connectivity index (χ1n) is 6.70. The Kier molecular flexibility index (Phi) is 3.48. The average molecular weight is 291 g/mol. The molecule has 0 aliphatic carbocycles. The third-order valence-electron chi connectivity index (χ3n) is 3.57. The molecule has 0 radical (unpaired) electrons. The number of nitrogens with zero attached hydrogens (tertiary/aromatic N) is 2. The predicted octanol–water partition coefficient (Wildman–Crippen LogP) is 1.86. The van der Waals surface area contributed by atoms with E-state index in [1.807, 2.05) is 41.2 Å². The maximum atomic E-state index is 11.5. The number of anilines is 1. The Balaban J connectivity index is 1.79. The summed E-state index contributed by atoms with van der Waals surface area (Å²) >= 11 is 0. The fourth-order valence-electron chi connectivity index (χ4n) is 2.46. The van der Waals surface area contributed by atoms with Crippen LogP contribution in [0.25, 0.3) is 5.69 Å². The van der Waals surface area contributed by atoms with Gasteiger partial charge in [0.1, 0.15) is 9.84 Å². The van der Waals surface area contributed by atoms with Crippen LogP contribution in [-0.2, 0) is 9.84 Å². The van der Waals surface area contributed by atoms with Gasteiger partial charge in [-0.1, -0.05) is 12.1 Å². The summed E-state index contributed by atoms with van der Waals surface area (Å²) in [6, 6.07) is 10.0. The molecule has 1 aliphatic heterocycles. The van der Waals surface area contributed by atoms with Crippen molar-refractivity contribution in [3.63, 3.8) is 0 Å². The van der Waals surface area contributed by atoms with Crippen molar-refractivity contribution in [2.24, 2.45) is 0 Å². The lowest BCUT2D eigenvalue weighted by Crippen LogP contribution is -2.32. The summed E-state index contributed by atoms with van der Waals surface area (Å²) < 4.78 is 24.7. The SMILES string of the molecule is O=S1(=O)CCC(Nc2ccccc2-n2cccn2)CC1. The van der Waals surface area contributed by atoms with Gasteiger partial charge in [-0.25, -0.2) is 13.1 Å². The highest BCUT2D eigenvalue weighted by molar-refractivity contribution is 7.91. The van der Waals surface area contributed by atoms with Crippen LogP contribution in [0.4, 0.5) is 5.69 Å². The highest BCUT2D eigenvalue weighted by Gasteiger charge is 2.23. The molecule has 106 valence electrons. The predicted molar refractivity (Wildman–Crippen MR) is 78.9 cm³/mol. The van der Waals surface area contributed by atoms with Gasteiger partial charge in [0.05, 0.1) is 22.9 Å². The van der Waals surface area contributed by atoms with Crippen LogP contribution in [0.1, 0.15) is 12.8 Å². The van der Waals surface area contributed by atoms with Gasteiger partial charge in [0, 0.05) is 18.4 Å². The van der Waals surface area contributed by atoms with Gasteiger partial charge >= 0.3 is 0 Å². The molecule has 0 saturated carbocycles. The van der Waals surface area contributed by atoms with Crippen molar-refractivity contribution in [1.82, 2.24) is 9.78 Å². The van der Waals surface area contributed by atoms with Gasteiger partial charge in [0.25, 0.3) is 0 Å². The van der Waals surface area contributed by atoms with E-state index in [0.717, 1.165) is 11.4 Å². The number of rotatable bonds is 3. The first-order chi connectivity index (χ1) is 9.64. The van der Waals surface area contributed by atoms with Crippen LogP contribution < -0.4 is 5.32 Å². The molecule has 0 bridgehead atoms. The van der Waals surface area contributed by atoms with E-state index in [9.17, 15) is 8.42 Å². The van der Waals surface area contributed by atoms with Gasteiger partial charge < -0.3 is 5.32 Å². The number of aromatic nitrogens is 2. The molecule has 20 heavy (non-hydrogen) atoms. The van der Waals surface area contributed by atoms with E-state index >= 15 is 0 Å². The number of nitrogens with one attached hydrogen (secondary N) is 1. The average Bonchev–Trinajstić information content (AvgIpc) is 2.96. The van der Waals surface area contributed by atoms with Gasteiger partial charge in [-0.3, -0.25) is 0 Å². The largest absolute Gasteiger partial charge is 0.381 e. The quantitative estimate of drug-likeness (QED) is 0.937. The fraction of sp³-hybridized carbons (Fsp3) is 0.357. The number of benzene rings is 1. The molecule has 2 aromatic rings. The molecular weight excluding hydrogens is 274 g/mol. The minimum atomic E-state index is -2.82. The summed E-state index contributed by atoms with van der Waals surface area (Å²) in [5.41, 5.74) is 1.96. The lowest BCUT2D eigenvalue weighted by atomic mass is 10.1. The van der Waals surface area contributed by atoms with Gasteiger partial charge in [-0.05, 0) is 31.0 Å². The molecule has 0 atom stereocenters. The van der Waals surface area contributed by atoms with Crippen molar-refractivity contribution < 1.29 is 8.42 Å². The zero-order valence-electron chi connectivity index (χ0n) is 11.1. The molecule has 3 rings (SSSR count). The second-order valence-corrected chi connectivity index (χ2v) is 7.34. The Bertz CT molecular complexity index is 666. The van der Waals surface area contributed by atoms with Crippen molar-refractivity contribution in [3.05, 3.63) is 42.7 Å². The Hall–Kier alpha value is -1.82. The monoisotopic (exact) mass is 291 g/mol. The molecule has 0 unspecified atom stereocenters. The lowest BCUT2D eigenvalue weighted by Gasteiger charge is -2.25. The Morgan fingerprint density at radius 2 is 1.90 bits per heavy atom. The normalized spacial score (nSPS) is 18.8. The first-order valence-corrected chi connectivity index (χ1v) is 8.52. The third-order valence-corrected chi connectivity index (χ3v) is 5.28. The zero-order valence-corrected chi connectivity index (χ0v) is 11.9. The minimum Gasteiger partial charge on any atom is -0.381 e. The molecular formula is C14H17N3O2S. The first kappa shape index (κ1) is 13.2. The van der Waals surface area contributed by atoms with Crippen LogP contribution >= 0.6 is 0 Å². The van der Waals surface area contributed by atoms with E-state index in [4.69, 9.17) is 0 Å². The molecule has 1 aliphatic rings. The second-order valence-electron chi connectivity index (χ2n) is 5.04. The maximum Gasteiger partial charge on any atom is 0.150 e. The van der Waals surface area contributed by atoms with E-state index in [1.165, 1.54) is 0 Å². The summed E-state index contributed by atoms with van der Waals surface area (Å²) in [5, 5.41) is 7.69. The van der Waals surface area contributed by atoms with Crippen molar-refractivity contribution in [1.29, 1.82) is 0 Å². The van der Waals surface area contributed by atoms with Gasteiger partial charge in [-0.2, -0.15) is 5.10 Å². The molecule has 1 aromatic heterocycles. The third kappa shape index (κ3) is 2.85. The molecule has 2 heterocycles. The number of para-hydroxylation sites is 2. The number of hydrogen-bond donors (Lipinski definition) is 1. The highest BCUT2D eigenvalue weighted by atomic mass is 32.2. The van der Waals surface area contributed by atoms with Gasteiger partial charge in [0.2, 0.25) is 0 Å². The minimum absolute atomic E-state index is 0.204. The Morgan fingerprint density at radius 1 is 1.15 bits per heavy atom. The summed E-state index contributed by atoms with van der Waals surface area (Å²) in [4.78, 5) is 0. The van der Waals surface area contributed by atoms with Gasteiger partial charge in [0.15, 0.2) is 0 Å². The second kappa shape index (κ2) is 5.28. The van der Waals surface area contributed by atoms with Crippen LogP contribution in [-0.4, -0.2) is 35.7 Å². The molecule has 1 aromatic carbocycles. The lowest BCUT2D eigenvalue weighted by molar-refractivity contribution is 0.559. The number of hydrogen-bond acceptors (Lipinski definition) is 4. The van der Waals surface area contributed by atoms with E-state index < -0.39 is 9.84 Å². The van der Waals surface area contributed by atoms with Crippen LogP contribution in [0.2, 0.25) is 0 Å². The highest BCUT2D eigenvalue weighted by Crippen LogP contribution is 2.23. The molecule has 0 spiro atoms. The fourth-order valence-corrected chi connectivity index (χ4v) is 3.95. The summed E-state index contributed by atoms with van der Waals surface area (Å²) in [5.74, 6) is 0.545. The van der Waals surface area contributed by atoms with Crippen molar-refractivity contribution >= 4 is 15.5 Å². The smallest absolute Gasteiger partial charge is 0.150 e. The molecule has 5 nitrogen and oxygen atoms in total. The standard InChI is InChI=1S/C14H17N3O2S/c18-20(19)10-6-12(7-11-20)16-13-4-1-2-5-14(13)17-9-3-8-15-17/h1-5,8-9,12,16H,6-7,10-11H2.